The smallest absolute Gasteiger partial charge is 0.339 e. The summed E-state index contributed by atoms with van der Waals surface area (Å²) in [4.78, 5) is 38.4. The average Bonchev–Trinajstić information content (AvgIpc) is 2.40. The number of hydrogen-bond acceptors (Lipinski definition) is 5. The van der Waals surface area contributed by atoms with Crippen molar-refractivity contribution in [2.75, 3.05) is 6.61 Å². The van der Waals surface area contributed by atoms with Gasteiger partial charge in [0.2, 0.25) is 0 Å². The summed E-state index contributed by atoms with van der Waals surface area (Å²) in [6.45, 7) is 4.56. The van der Waals surface area contributed by atoms with Gasteiger partial charge in [0.05, 0.1) is 22.9 Å². The number of benzene rings is 1. The molecule has 0 fully saturated rings. The monoisotopic (exact) mass is 309 g/mol. The summed E-state index contributed by atoms with van der Waals surface area (Å²) in [5, 5.41) is 0.123. The lowest BCUT2D eigenvalue weighted by atomic mass is 10.0. The van der Waals surface area contributed by atoms with Crippen molar-refractivity contribution in [1.29, 1.82) is 0 Å². The lowest BCUT2D eigenvalue weighted by Crippen LogP contribution is -2.20. The highest BCUT2D eigenvalue weighted by atomic mass is 35.5. The van der Waals surface area contributed by atoms with Gasteiger partial charge < -0.3 is 4.74 Å². The van der Waals surface area contributed by atoms with E-state index in [0.29, 0.717) is 5.69 Å². The highest BCUT2D eigenvalue weighted by molar-refractivity contribution is 6.36. The third-order valence-corrected chi connectivity index (χ3v) is 3.11. The van der Waals surface area contributed by atoms with Crippen LogP contribution in [0.15, 0.2) is 23.2 Å². The lowest BCUT2D eigenvalue weighted by molar-refractivity contribution is -0.127. The van der Waals surface area contributed by atoms with Gasteiger partial charge in [-0.3, -0.25) is 14.6 Å². The van der Waals surface area contributed by atoms with Gasteiger partial charge in [-0.05, 0) is 32.9 Å². The van der Waals surface area contributed by atoms with E-state index < -0.39 is 11.9 Å². The number of esters is 1. The van der Waals surface area contributed by atoms with Gasteiger partial charge >= 0.3 is 5.97 Å². The Hall–Kier alpha value is -2.01. The van der Waals surface area contributed by atoms with Gasteiger partial charge in [0.1, 0.15) is 17.5 Å². The molecule has 0 amide bonds. The van der Waals surface area contributed by atoms with Gasteiger partial charge in [0, 0.05) is 6.21 Å². The molecule has 0 radical (unpaired) electrons. The Morgan fingerprint density at radius 2 is 1.90 bits per heavy atom. The molecule has 1 rings (SSSR count). The molecule has 0 spiro atoms. The van der Waals surface area contributed by atoms with Gasteiger partial charge in [-0.1, -0.05) is 17.7 Å². The summed E-state index contributed by atoms with van der Waals surface area (Å²) in [5.74, 6) is -2.06. The van der Waals surface area contributed by atoms with E-state index in [2.05, 4.69) is 4.99 Å². The molecule has 21 heavy (non-hydrogen) atoms. The molecule has 0 aliphatic carbocycles. The standard InChI is InChI=1S/C15H16ClNO4/c1-4-21-15(20)11-6-5-7-13(14(11)16)17-8-12(9(2)18)10(3)19/h5-8,12H,4H2,1-3H3. The molecule has 112 valence electrons. The molecule has 0 saturated heterocycles. The zero-order chi connectivity index (χ0) is 16.0. The SMILES string of the molecule is CCOC(=O)c1cccc(N=CC(C(C)=O)C(C)=O)c1Cl. The van der Waals surface area contributed by atoms with E-state index in [1.165, 1.54) is 26.1 Å². The highest BCUT2D eigenvalue weighted by Crippen LogP contribution is 2.29. The van der Waals surface area contributed by atoms with Crippen LogP contribution in [0.1, 0.15) is 31.1 Å². The van der Waals surface area contributed by atoms with Crippen LogP contribution in [0.25, 0.3) is 0 Å². The molecular weight excluding hydrogens is 294 g/mol. The Kier molecular flexibility index (Phi) is 6.24. The molecule has 0 unspecified atom stereocenters. The van der Waals surface area contributed by atoms with Crippen LogP contribution in [-0.4, -0.2) is 30.4 Å². The van der Waals surface area contributed by atoms with Crippen molar-refractivity contribution >= 4 is 41.0 Å². The van der Waals surface area contributed by atoms with E-state index in [9.17, 15) is 14.4 Å². The fraction of sp³-hybridized carbons (Fsp3) is 0.333. The first-order valence-electron chi connectivity index (χ1n) is 6.39. The minimum Gasteiger partial charge on any atom is -0.462 e. The van der Waals surface area contributed by atoms with Crippen molar-refractivity contribution < 1.29 is 19.1 Å². The predicted octanol–water partition coefficient (Wildman–Crippen LogP) is 3.01. The van der Waals surface area contributed by atoms with Crippen LogP contribution in [0, 0.1) is 5.92 Å². The number of carbonyl (C=O) groups is 3. The number of hydrogen-bond donors (Lipinski definition) is 0. The Morgan fingerprint density at radius 1 is 1.29 bits per heavy atom. The number of rotatable bonds is 6. The van der Waals surface area contributed by atoms with E-state index in [1.807, 2.05) is 0 Å². The molecule has 0 aliphatic heterocycles. The number of Topliss-reactive ketones (excluding diaryl/α,β-unsaturated/α-hetero) is 2. The number of ketones is 2. The van der Waals surface area contributed by atoms with Gasteiger partial charge in [0.25, 0.3) is 0 Å². The summed E-state index contributed by atoms with van der Waals surface area (Å²) in [7, 11) is 0. The molecule has 0 bridgehead atoms. The van der Waals surface area contributed by atoms with Crippen molar-refractivity contribution in [2.45, 2.75) is 20.8 Å². The molecule has 1 aromatic carbocycles. The van der Waals surface area contributed by atoms with Crippen molar-refractivity contribution in [3.63, 3.8) is 0 Å². The predicted molar refractivity (Wildman–Crippen MR) is 80.4 cm³/mol. The van der Waals surface area contributed by atoms with E-state index >= 15 is 0 Å². The van der Waals surface area contributed by atoms with Crippen LogP contribution in [0.5, 0.6) is 0 Å². The maximum Gasteiger partial charge on any atom is 0.339 e. The summed E-state index contributed by atoms with van der Waals surface area (Å²) in [6, 6.07) is 4.70. The van der Waals surface area contributed by atoms with E-state index in [-0.39, 0.29) is 28.8 Å². The molecule has 0 heterocycles. The van der Waals surface area contributed by atoms with Crippen molar-refractivity contribution in [3.8, 4) is 0 Å². The second-order valence-electron chi connectivity index (χ2n) is 4.34. The fourth-order valence-electron chi connectivity index (χ4n) is 1.64. The maximum absolute atomic E-state index is 11.7. The van der Waals surface area contributed by atoms with Crippen LogP contribution in [0.2, 0.25) is 5.02 Å². The van der Waals surface area contributed by atoms with Crippen LogP contribution < -0.4 is 0 Å². The summed E-state index contributed by atoms with van der Waals surface area (Å²) in [5.41, 5.74) is 0.491. The molecule has 6 heteroatoms. The second kappa shape index (κ2) is 7.69. The van der Waals surface area contributed by atoms with E-state index in [1.54, 1.807) is 19.1 Å². The zero-order valence-corrected chi connectivity index (χ0v) is 12.8. The molecular formula is C15H16ClNO4. The molecule has 0 atom stereocenters. The summed E-state index contributed by atoms with van der Waals surface area (Å²) >= 11 is 6.10. The van der Waals surface area contributed by atoms with E-state index in [0.717, 1.165) is 0 Å². The van der Waals surface area contributed by atoms with Crippen LogP contribution in [-0.2, 0) is 14.3 Å². The number of halogens is 1. The minimum atomic E-state index is -0.910. The quantitative estimate of drug-likeness (QED) is 0.460. The largest absolute Gasteiger partial charge is 0.462 e. The summed E-state index contributed by atoms with van der Waals surface area (Å²) < 4.78 is 4.88. The second-order valence-corrected chi connectivity index (χ2v) is 4.71. The van der Waals surface area contributed by atoms with Gasteiger partial charge in [-0.25, -0.2) is 4.79 Å². The zero-order valence-electron chi connectivity index (χ0n) is 12.1. The molecule has 0 aliphatic rings. The Bertz CT molecular complexity index is 581. The maximum atomic E-state index is 11.7. The van der Waals surface area contributed by atoms with Crippen molar-refractivity contribution in [2.24, 2.45) is 10.9 Å². The van der Waals surface area contributed by atoms with E-state index in [4.69, 9.17) is 16.3 Å². The van der Waals surface area contributed by atoms with Gasteiger partial charge in [0.15, 0.2) is 0 Å². The number of aliphatic imine (C=N–C) groups is 1. The number of nitrogens with zero attached hydrogens (tertiary/aromatic N) is 1. The van der Waals surface area contributed by atoms with Crippen molar-refractivity contribution in [3.05, 3.63) is 28.8 Å². The topological polar surface area (TPSA) is 72.8 Å². The first-order chi connectivity index (χ1) is 9.88. The minimum absolute atomic E-state index is 0.123. The van der Waals surface area contributed by atoms with Crippen LogP contribution in [0.4, 0.5) is 5.69 Å². The first kappa shape index (κ1) is 17.0. The Labute approximate surface area is 128 Å². The van der Waals surface area contributed by atoms with Gasteiger partial charge in [-0.15, -0.1) is 0 Å². The Balaban J connectivity index is 3.10. The number of ether oxygens (including phenoxy) is 1. The van der Waals surface area contributed by atoms with Crippen LogP contribution >= 0.6 is 11.6 Å². The summed E-state index contributed by atoms with van der Waals surface area (Å²) in [6.07, 6.45) is 1.24. The molecule has 0 aromatic heterocycles. The molecule has 1 aromatic rings. The molecule has 5 nitrogen and oxygen atoms in total. The fourth-order valence-corrected chi connectivity index (χ4v) is 1.89. The normalized spacial score (nSPS) is 10.9. The third-order valence-electron chi connectivity index (χ3n) is 2.71. The van der Waals surface area contributed by atoms with Crippen LogP contribution in [0.3, 0.4) is 0 Å². The van der Waals surface area contributed by atoms with Gasteiger partial charge in [-0.2, -0.15) is 0 Å². The average molecular weight is 310 g/mol. The lowest BCUT2D eigenvalue weighted by Gasteiger charge is -2.07. The first-order valence-corrected chi connectivity index (χ1v) is 6.77. The number of carbonyl (C=O) groups excluding carboxylic acids is 3. The molecule has 0 N–H and O–H groups in total. The van der Waals surface area contributed by atoms with Crippen molar-refractivity contribution in [1.82, 2.24) is 0 Å². The third kappa shape index (κ3) is 4.49. The Morgan fingerprint density at radius 3 is 2.43 bits per heavy atom. The highest BCUT2D eigenvalue weighted by Gasteiger charge is 2.18. The molecule has 0 saturated carbocycles.